The summed E-state index contributed by atoms with van der Waals surface area (Å²) in [5.74, 6) is 0.285. The number of nitrogens with one attached hydrogen (secondary N) is 2. The lowest BCUT2D eigenvalue weighted by molar-refractivity contribution is 0.0910. The number of Topliss-reactive ketones (excluding diaryl/α,β-unsaturated/α-hetero) is 1. The molecule has 0 spiro atoms. The molecule has 3 aromatic heterocycles. The number of aromatic nitrogens is 4. The SMILES string of the molecule is Cn1ccc(C(=O)Nc2cc(-c3[nH]c4c(c3Cc3ccccc3)C(=O)CC(C)(C)C4)ccn2)n1. The molecule has 2 N–H and O–H groups in total. The van der Waals surface area contributed by atoms with E-state index < -0.39 is 0 Å². The molecular formula is C27H27N5O2. The number of aryl methyl sites for hydroxylation is 1. The highest BCUT2D eigenvalue weighted by Gasteiger charge is 2.35. The molecule has 0 saturated heterocycles. The molecular weight excluding hydrogens is 426 g/mol. The second-order valence-electron chi connectivity index (χ2n) is 9.69. The molecule has 1 aliphatic carbocycles. The molecule has 0 aliphatic heterocycles. The molecule has 34 heavy (non-hydrogen) atoms. The van der Waals surface area contributed by atoms with Crippen molar-refractivity contribution in [3.63, 3.8) is 0 Å². The minimum atomic E-state index is -0.322. The van der Waals surface area contributed by atoms with Crippen LogP contribution in [0.1, 0.15) is 57.9 Å². The van der Waals surface area contributed by atoms with Crippen LogP contribution in [0.3, 0.4) is 0 Å². The van der Waals surface area contributed by atoms with Gasteiger partial charge in [0, 0.05) is 49.1 Å². The Hall–Kier alpha value is -4.00. The number of benzene rings is 1. The summed E-state index contributed by atoms with van der Waals surface area (Å²) in [6.45, 7) is 4.26. The fourth-order valence-electron chi connectivity index (χ4n) is 4.72. The third kappa shape index (κ3) is 4.29. The van der Waals surface area contributed by atoms with Crippen molar-refractivity contribution < 1.29 is 9.59 Å². The largest absolute Gasteiger partial charge is 0.358 e. The van der Waals surface area contributed by atoms with Crippen LogP contribution in [0.25, 0.3) is 11.3 Å². The van der Waals surface area contributed by atoms with Crippen LogP contribution < -0.4 is 5.32 Å². The molecule has 0 bridgehead atoms. The third-order valence-corrected chi connectivity index (χ3v) is 6.21. The van der Waals surface area contributed by atoms with Crippen LogP contribution >= 0.6 is 0 Å². The number of nitrogens with zero attached hydrogens (tertiary/aromatic N) is 3. The predicted octanol–water partition coefficient (Wildman–Crippen LogP) is 4.81. The zero-order chi connectivity index (χ0) is 23.9. The van der Waals surface area contributed by atoms with Crippen molar-refractivity contribution in [1.82, 2.24) is 19.7 Å². The van der Waals surface area contributed by atoms with E-state index in [2.05, 4.69) is 46.4 Å². The maximum absolute atomic E-state index is 13.2. The van der Waals surface area contributed by atoms with E-state index in [1.165, 1.54) is 0 Å². The molecule has 1 aromatic carbocycles. The molecule has 3 heterocycles. The van der Waals surface area contributed by atoms with Gasteiger partial charge in [0.1, 0.15) is 5.82 Å². The van der Waals surface area contributed by atoms with Gasteiger partial charge in [-0.2, -0.15) is 5.10 Å². The van der Waals surface area contributed by atoms with Gasteiger partial charge < -0.3 is 10.3 Å². The zero-order valence-corrected chi connectivity index (χ0v) is 19.6. The van der Waals surface area contributed by atoms with Gasteiger partial charge in [-0.1, -0.05) is 44.2 Å². The van der Waals surface area contributed by atoms with Crippen molar-refractivity contribution in [2.24, 2.45) is 12.5 Å². The van der Waals surface area contributed by atoms with Gasteiger partial charge in [0.05, 0.1) is 5.69 Å². The summed E-state index contributed by atoms with van der Waals surface area (Å²) in [4.78, 5) is 33.7. The quantitative estimate of drug-likeness (QED) is 0.454. The number of hydrogen-bond donors (Lipinski definition) is 2. The van der Waals surface area contributed by atoms with Gasteiger partial charge >= 0.3 is 0 Å². The number of hydrogen-bond acceptors (Lipinski definition) is 4. The van der Waals surface area contributed by atoms with E-state index in [0.717, 1.165) is 40.1 Å². The fourth-order valence-corrected chi connectivity index (χ4v) is 4.72. The Kier molecular flexibility index (Phi) is 5.40. The van der Waals surface area contributed by atoms with Gasteiger partial charge in [-0.15, -0.1) is 0 Å². The molecule has 1 amide bonds. The highest BCUT2D eigenvalue weighted by atomic mass is 16.2. The lowest BCUT2D eigenvalue weighted by Crippen LogP contribution is -2.27. The molecule has 0 fully saturated rings. The van der Waals surface area contributed by atoms with Gasteiger partial charge in [0.15, 0.2) is 11.5 Å². The first-order chi connectivity index (χ1) is 16.3. The number of aromatic amines is 1. The van der Waals surface area contributed by atoms with Crippen molar-refractivity contribution in [2.45, 2.75) is 33.1 Å². The highest BCUT2D eigenvalue weighted by molar-refractivity contribution is 6.03. The van der Waals surface area contributed by atoms with Crippen molar-refractivity contribution in [3.05, 3.63) is 89.0 Å². The zero-order valence-electron chi connectivity index (χ0n) is 19.6. The van der Waals surface area contributed by atoms with E-state index >= 15 is 0 Å². The summed E-state index contributed by atoms with van der Waals surface area (Å²) in [6, 6.07) is 15.6. The number of carbonyl (C=O) groups is 2. The molecule has 4 aromatic rings. The average Bonchev–Trinajstić information content (AvgIpc) is 3.38. The lowest BCUT2D eigenvalue weighted by atomic mass is 9.75. The van der Waals surface area contributed by atoms with Crippen LogP contribution in [-0.4, -0.2) is 31.4 Å². The first-order valence-corrected chi connectivity index (χ1v) is 11.4. The molecule has 1 aliphatic rings. The number of carbonyl (C=O) groups excluding carboxylic acids is 2. The van der Waals surface area contributed by atoms with Crippen LogP contribution in [0.4, 0.5) is 5.82 Å². The Balaban J connectivity index is 1.55. The minimum Gasteiger partial charge on any atom is -0.358 e. The number of rotatable bonds is 5. The summed E-state index contributed by atoms with van der Waals surface area (Å²) < 4.78 is 1.58. The monoisotopic (exact) mass is 453 g/mol. The molecule has 0 radical (unpaired) electrons. The van der Waals surface area contributed by atoms with Crippen LogP contribution in [-0.2, 0) is 19.9 Å². The van der Waals surface area contributed by atoms with E-state index in [1.54, 1.807) is 30.2 Å². The summed E-state index contributed by atoms with van der Waals surface area (Å²) in [5, 5.41) is 6.98. The smallest absolute Gasteiger partial charge is 0.277 e. The summed E-state index contributed by atoms with van der Waals surface area (Å²) in [5.41, 5.74) is 5.94. The number of amides is 1. The number of ketones is 1. The summed E-state index contributed by atoms with van der Waals surface area (Å²) in [6.07, 6.45) is 5.37. The maximum Gasteiger partial charge on any atom is 0.277 e. The molecule has 0 atom stereocenters. The van der Waals surface area contributed by atoms with Crippen molar-refractivity contribution in [3.8, 4) is 11.3 Å². The van der Waals surface area contributed by atoms with E-state index in [4.69, 9.17) is 0 Å². The van der Waals surface area contributed by atoms with Gasteiger partial charge in [0.2, 0.25) is 0 Å². The number of pyridine rings is 1. The van der Waals surface area contributed by atoms with E-state index in [9.17, 15) is 9.59 Å². The van der Waals surface area contributed by atoms with E-state index in [0.29, 0.717) is 24.4 Å². The third-order valence-electron chi connectivity index (χ3n) is 6.21. The average molecular weight is 454 g/mol. The summed E-state index contributed by atoms with van der Waals surface area (Å²) in [7, 11) is 1.76. The van der Waals surface area contributed by atoms with E-state index in [1.807, 2.05) is 30.3 Å². The summed E-state index contributed by atoms with van der Waals surface area (Å²) >= 11 is 0. The Morgan fingerprint density at radius 3 is 2.68 bits per heavy atom. The number of anilines is 1. The lowest BCUT2D eigenvalue weighted by Gasteiger charge is -2.28. The van der Waals surface area contributed by atoms with Gasteiger partial charge in [-0.05, 0) is 41.2 Å². The van der Waals surface area contributed by atoms with Crippen molar-refractivity contribution in [2.75, 3.05) is 5.32 Å². The topological polar surface area (TPSA) is 92.7 Å². The van der Waals surface area contributed by atoms with Crippen molar-refractivity contribution >= 4 is 17.5 Å². The maximum atomic E-state index is 13.2. The number of H-pyrrole nitrogens is 1. The minimum absolute atomic E-state index is 0.0870. The predicted molar refractivity (Wildman–Crippen MR) is 131 cm³/mol. The van der Waals surface area contributed by atoms with Gasteiger partial charge in [-0.3, -0.25) is 14.3 Å². The Morgan fingerprint density at radius 1 is 1.15 bits per heavy atom. The highest BCUT2D eigenvalue weighted by Crippen LogP contribution is 2.40. The second kappa shape index (κ2) is 8.41. The first-order valence-electron chi connectivity index (χ1n) is 11.4. The Morgan fingerprint density at radius 2 is 1.94 bits per heavy atom. The van der Waals surface area contributed by atoms with Gasteiger partial charge in [-0.25, -0.2) is 4.98 Å². The van der Waals surface area contributed by atoms with Gasteiger partial charge in [0.25, 0.3) is 5.91 Å². The first kappa shape index (κ1) is 21.8. The van der Waals surface area contributed by atoms with Crippen LogP contribution in [0.15, 0.2) is 60.9 Å². The normalized spacial score (nSPS) is 14.6. The molecule has 172 valence electrons. The van der Waals surface area contributed by atoms with E-state index in [-0.39, 0.29) is 17.1 Å². The van der Waals surface area contributed by atoms with Crippen LogP contribution in [0, 0.1) is 5.41 Å². The molecule has 7 heteroatoms. The fraction of sp³-hybridized carbons (Fsp3) is 0.259. The second-order valence-corrected chi connectivity index (χ2v) is 9.69. The van der Waals surface area contributed by atoms with Crippen LogP contribution in [0.5, 0.6) is 0 Å². The number of fused-ring (bicyclic) bond motifs is 1. The standard InChI is InChI=1S/C27H27N5O2/c1-27(2)15-21-24(22(33)16-27)19(13-17-7-5-4-6-8-17)25(29-21)18-9-11-28-23(14-18)30-26(34)20-10-12-32(3)31-20/h4-12,14,29H,13,15-16H2,1-3H3,(H,28,30,34). The molecule has 5 rings (SSSR count). The molecule has 0 unspecified atom stereocenters. The molecule has 0 saturated carbocycles. The Labute approximate surface area is 198 Å². The van der Waals surface area contributed by atoms with Crippen LogP contribution in [0.2, 0.25) is 0 Å². The molecule has 7 nitrogen and oxygen atoms in total. The Bertz CT molecular complexity index is 1380. The van der Waals surface area contributed by atoms with Crippen molar-refractivity contribution in [1.29, 1.82) is 0 Å².